The van der Waals surface area contributed by atoms with Gasteiger partial charge in [0.2, 0.25) is 0 Å². The van der Waals surface area contributed by atoms with Crippen LogP contribution >= 0.6 is 0 Å². The largest absolute Gasteiger partial charge is 0.449 e. The summed E-state index contributed by atoms with van der Waals surface area (Å²) in [5.74, 6) is -0.831. The molecule has 0 unspecified atom stereocenters. The topological polar surface area (TPSA) is 89.8 Å². The van der Waals surface area contributed by atoms with E-state index < -0.39 is 17.0 Å². The second kappa shape index (κ2) is 8.09. The minimum absolute atomic E-state index is 0.0558. The van der Waals surface area contributed by atoms with Crippen molar-refractivity contribution in [2.24, 2.45) is 0 Å². The summed E-state index contributed by atoms with van der Waals surface area (Å²) in [4.78, 5) is 37.0. The number of likely N-dealkylation sites (tertiary alicyclic amines) is 1. The fourth-order valence-electron chi connectivity index (χ4n) is 3.21. The highest BCUT2D eigenvalue weighted by Gasteiger charge is 2.30. The van der Waals surface area contributed by atoms with Gasteiger partial charge < -0.3 is 9.64 Å². The van der Waals surface area contributed by atoms with Crippen molar-refractivity contribution in [1.29, 1.82) is 0 Å². The normalized spacial score (nSPS) is 18.5. The Kier molecular flexibility index (Phi) is 6.12. The fraction of sp³-hybridized carbons (Fsp3) is 0.556. The third kappa shape index (κ3) is 4.35. The molecular formula is C18H24N2O5. The summed E-state index contributed by atoms with van der Waals surface area (Å²) >= 11 is 0. The quantitative estimate of drug-likeness (QED) is 0.463. The molecule has 1 saturated heterocycles. The minimum atomic E-state index is -0.879. The van der Waals surface area contributed by atoms with E-state index in [4.69, 9.17) is 4.74 Å². The van der Waals surface area contributed by atoms with Gasteiger partial charge in [-0.15, -0.1) is 0 Å². The molecule has 7 heteroatoms. The number of rotatable bonds is 5. The summed E-state index contributed by atoms with van der Waals surface area (Å²) in [6.07, 6.45) is 3.05. The highest BCUT2D eigenvalue weighted by Crippen LogP contribution is 2.22. The first kappa shape index (κ1) is 18.9. The summed E-state index contributed by atoms with van der Waals surface area (Å²) in [6.45, 7) is 5.87. The van der Waals surface area contributed by atoms with Crippen LogP contribution in [0.4, 0.5) is 5.69 Å². The maximum atomic E-state index is 12.6. The van der Waals surface area contributed by atoms with Crippen LogP contribution in [0.15, 0.2) is 18.2 Å². The number of piperidine rings is 1. The number of amides is 1. The lowest BCUT2D eigenvalue weighted by molar-refractivity contribution is -0.385. The van der Waals surface area contributed by atoms with E-state index in [0.717, 1.165) is 25.7 Å². The number of carbonyl (C=O) groups excluding carboxylic acids is 2. The molecule has 0 spiro atoms. The highest BCUT2D eigenvalue weighted by atomic mass is 16.6. The van der Waals surface area contributed by atoms with E-state index >= 15 is 0 Å². The van der Waals surface area contributed by atoms with Gasteiger partial charge in [-0.2, -0.15) is 0 Å². The molecule has 2 rings (SSSR count). The van der Waals surface area contributed by atoms with Crippen LogP contribution < -0.4 is 0 Å². The fourth-order valence-corrected chi connectivity index (χ4v) is 3.21. The number of nitro benzene ring substituents is 1. The van der Waals surface area contributed by atoms with Gasteiger partial charge >= 0.3 is 5.97 Å². The molecule has 0 aromatic heterocycles. The van der Waals surface area contributed by atoms with Gasteiger partial charge in [0.05, 0.1) is 10.5 Å². The number of ether oxygens (including phenoxy) is 1. The summed E-state index contributed by atoms with van der Waals surface area (Å²) in [7, 11) is 0. The van der Waals surface area contributed by atoms with Crippen LogP contribution in [-0.2, 0) is 9.53 Å². The Labute approximate surface area is 147 Å². The number of esters is 1. The van der Waals surface area contributed by atoms with E-state index in [2.05, 4.69) is 0 Å². The Hall–Kier alpha value is -2.44. The van der Waals surface area contributed by atoms with Crippen molar-refractivity contribution in [3.63, 3.8) is 0 Å². The lowest BCUT2D eigenvalue weighted by Crippen LogP contribution is -2.48. The monoisotopic (exact) mass is 348 g/mol. The van der Waals surface area contributed by atoms with Gasteiger partial charge in [-0.1, -0.05) is 6.92 Å². The van der Waals surface area contributed by atoms with E-state index in [1.54, 1.807) is 13.8 Å². The Bertz CT molecular complexity index is 673. The van der Waals surface area contributed by atoms with Crippen molar-refractivity contribution >= 4 is 17.6 Å². The van der Waals surface area contributed by atoms with Gasteiger partial charge in [0.15, 0.2) is 6.10 Å². The standard InChI is InChI=1S/C18H24N2O5/c1-4-15-7-5-6-10-19(15)17(21)13(3)25-18(22)14-8-9-16(20(23)24)12(2)11-14/h8-9,11,13,15H,4-7,10H2,1-3H3/t13-,15+/m0/s1. The SMILES string of the molecule is CC[C@@H]1CCCCN1C(=O)[C@H](C)OC(=O)c1ccc([N+](=O)[O-])c(C)c1. The first-order valence-electron chi connectivity index (χ1n) is 8.61. The van der Waals surface area contributed by atoms with Crippen molar-refractivity contribution in [3.05, 3.63) is 39.4 Å². The van der Waals surface area contributed by atoms with E-state index in [0.29, 0.717) is 12.1 Å². The molecule has 0 radical (unpaired) electrons. The van der Waals surface area contributed by atoms with Crippen LogP contribution in [0.2, 0.25) is 0 Å². The molecule has 0 N–H and O–H groups in total. The molecule has 1 fully saturated rings. The number of hydrogen-bond acceptors (Lipinski definition) is 5. The summed E-state index contributed by atoms with van der Waals surface area (Å²) in [5.41, 5.74) is 0.522. The van der Waals surface area contributed by atoms with Crippen LogP contribution in [0.5, 0.6) is 0 Å². The van der Waals surface area contributed by atoms with Gasteiger partial charge in [0, 0.05) is 24.2 Å². The van der Waals surface area contributed by atoms with Crippen molar-refractivity contribution in [3.8, 4) is 0 Å². The van der Waals surface area contributed by atoms with Gasteiger partial charge in [-0.05, 0) is 51.7 Å². The Morgan fingerprint density at radius 1 is 1.40 bits per heavy atom. The number of hydrogen-bond donors (Lipinski definition) is 0. The molecule has 2 atom stereocenters. The molecule has 1 aromatic rings. The Balaban J connectivity index is 2.05. The number of nitrogens with zero attached hydrogens (tertiary/aromatic N) is 2. The van der Waals surface area contributed by atoms with E-state index in [-0.39, 0.29) is 23.2 Å². The minimum Gasteiger partial charge on any atom is -0.449 e. The molecule has 1 aliphatic rings. The second-order valence-electron chi connectivity index (χ2n) is 6.40. The molecule has 0 saturated carbocycles. The van der Waals surface area contributed by atoms with Gasteiger partial charge in [0.25, 0.3) is 11.6 Å². The van der Waals surface area contributed by atoms with Crippen LogP contribution in [0.3, 0.4) is 0 Å². The van der Waals surface area contributed by atoms with Crippen molar-refractivity contribution in [2.75, 3.05) is 6.54 Å². The molecule has 7 nitrogen and oxygen atoms in total. The molecule has 1 aliphatic heterocycles. The highest BCUT2D eigenvalue weighted by molar-refractivity contribution is 5.92. The van der Waals surface area contributed by atoms with E-state index in [1.807, 2.05) is 11.8 Å². The summed E-state index contributed by atoms with van der Waals surface area (Å²) in [5, 5.41) is 10.8. The van der Waals surface area contributed by atoms with E-state index in [9.17, 15) is 19.7 Å². The van der Waals surface area contributed by atoms with Crippen LogP contribution in [-0.4, -0.2) is 40.4 Å². The molecular weight excluding hydrogens is 324 g/mol. The predicted octanol–water partition coefficient (Wildman–Crippen LogP) is 3.24. The number of aryl methyl sites for hydroxylation is 1. The molecule has 0 bridgehead atoms. The first-order chi connectivity index (χ1) is 11.8. The molecule has 25 heavy (non-hydrogen) atoms. The lowest BCUT2D eigenvalue weighted by atomic mass is 9.99. The number of carbonyl (C=O) groups is 2. The second-order valence-corrected chi connectivity index (χ2v) is 6.40. The molecule has 1 amide bonds. The number of nitro groups is 1. The number of benzene rings is 1. The third-order valence-corrected chi connectivity index (χ3v) is 4.64. The summed E-state index contributed by atoms with van der Waals surface area (Å²) in [6, 6.07) is 4.23. The van der Waals surface area contributed by atoms with Gasteiger partial charge in [-0.3, -0.25) is 14.9 Å². The first-order valence-corrected chi connectivity index (χ1v) is 8.61. The van der Waals surface area contributed by atoms with Crippen molar-refractivity contribution in [1.82, 2.24) is 4.90 Å². The molecule has 1 aromatic carbocycles. The van der Waals surface area contributed by atoms with Crippen molar-refractivity contribution < 1.29 is 19.2 Å². The molecule has 1 heterocycles. The van der Waals surface area contributed by atoms with Gasteiger partial charge in [0.1, 0.15) is 0 Å². The average molecular weight is 348 g/mol. The van der Waals surface area contributed by atoms with E-state index in [1.165, 1.54) is 18.2 Å². The van der Waals surface area contributed by atoms with Crippen LogP contribution in [0.25, 0.3) is 0 Å². The zero-order valence-corrected chi connectivity index (χ0v) is 14.9. The maximum Gasteiger partial charge on any atom is 0.338 e. The molecule has 136 valence electrons. The average Bonchev–Trinajstić information content (AvgIpc) is 2.60. The zero-order valence-electron chi connectivity index (χ0n) is 14.9. The smallest absolute Gasteiger partial charge is 0.338 e. The lowest BCUT2D eigenvalue weighted by Gasteiger charge is -2.36. The summed E-state index contributed by atoms with van der Waals surface area (Å²) < 4.78 is 5.30. The van der Waals surface area contributed by atoms with Crippen LogP contribution in [0.1, 0.15) is 55.5 Å². The Morgan fingerprint density at radius 2 is 2.12 bits per heavy atom. The Morgan fingerprint density at radius 3 is 2.72 bits per heavy atom. The third-order valence-electron chi connectivity index (χ3n) is 4.64. The zero-order chi connectivity index (χ0) is 18.6. The maximum absolute atomic E-state index is 12.6. The van der Waals surface area contributed by atoms with Gasteiger partial charge in [-0.25, -0.2) is 4.79 Å². The van der Waals surface area contributed by atoms with Crippen molar-refractivity contribution in [2.45, 2.75) is 58.6 Å². The van der Waals surface area contributed by atoms with Crippen LogP contribution in [0, 0.1) is 17.0 Å². The predicted molar refractivity (Wildman–Crippen MR) is 92.4 cm³/mol. The molecule has 0 aliphatic carbocycles.